The number of fused-ring (bicyclic) bond motifs is 1. The molecule has 11 heteroatoms. The summed E-state index contributed by atoms with van der Waals surface area (Å²) in [6.07, 6.45) is -3.98. The van der Waals surface area contributed by atoms with Gasteiger partial charge in [0.15, 0.2) is 0 Å². The highest BCUT2D eigenvalue weighted by molar-refractivity contribution is 6.30. The summed E-state index contributed by atoms with van der Waals surface area (Å²) in [5.74, 6) is -0.687. The molecule has 0 spiro atoms. The van der Waals surface area contributed by atoms with E-state index < -0.39 is 24.1 Å². The number of alkyl halides is 3. The van der Waals surface area contributed by atoms with Crippen LogP contribution in [0.3, 0.4) is 0 Å². The van der Waals surface area contributed by atoms with Gasteiger partial charge in [-0.2, -0.15) is 13.2 Å². The molecule has 0 saturated carbocycles. The molecule has 0 fully saturated rings. The first kappa shape index (κ1) is 24.8. The van der Waals surface area contributed by atoms with Crippen molar-refractivity contribution in [1.82, 2.24) is 21.0 Å². The highest BCUT2D eigenvalue weighted by atomic mass is 35.5. The largest absolute Gasteiger partial charge is 0.422 e. The van der Waals surface area contributed by atoms with Crippen molar-refractivity contribution in [3.05, 3.63) is 76.7 Å². The molecule has 4 rings (SSSR count). The molecule has 0 aliphatic carbocycles. The van der Waals surface area contributed by atoms with Crippen molar-refractivity contribution in [1.29, 1.82) is 0 Å². The van der Waals surface area contributed by atoms with Gasteiger partial charge in [-0.25, -0.2) is 4.98 Å². The van der Waals surface area contributed by atoms with E-state index >= 15 is 0 Å². The highest BCUT2D eigenvalue weighted by Gasteiger charge is 2.56. The Balaban J connectivity index is 1.67. The van der Waals surface area contributed by atoms with Crippen LogP contribution in [0.5, 0.6) is 0 Å². The van der Waals surface area contributed by atoms with Crippen LogP contribution in [0, 0.1) is 0 Å². The van der Waals surface area contributed by atoms with Crippen LogP contribution in [0.15, 0.2) is 60.4 Å². The predicted octanol–water partition coefficient (Wildman–Crippen LogP) is 4.41. The summed E-state index contributed by atoms with van der Waals surface area (Å²) in [5.41, 5.74) is 10.0. The summed E-state index contributed by atoms with van der Waals surface area (Å²) in [4.78, 5) is 16.3. The molecular formula is C24H23ClF3N5O2. The van der Waals surface area contributed by atoms with Gasteiger partial charge < -0.3 is 16.3 Å². The molecule has 5 N–H and O–H groups in total. The number of rotatable bonds is 7. The van der Waals surface area contributed by atoms with E-state index in [1.807, 2.05) is 24.3 Å². The summed E-state index contributed by atoms with van der Waals surface area (Å²) >= 11 is 6.00. The lowest BCUT2D eigenvalue weighted by Crippen LogP contribution is -2.51. The number of hydrogen-bond acceptors (Lipinski definition) is 6. The molecule has 2 aromatic carbocycles. The number of halogens is 4. The van der Waals surface area contributed by atoms with Crippen molar-refractivity contribution < 1.29 is 23.1 Å². The second-order valence-electron chi connectivity index (χ2n) is 8.29. The smallest absolute Gasteiger partial charge is 0.375 e. The van der Waals surface area contributed by atoms with Crippen LogP contribution < -0.4 is 16.7 Å². The molecule has 184 valence electrons. The molecule has 0 saturated heterocycles. The Labute approximate surface area is 204 Å². The van der Waals surface area contributed by atoms with Gasteiger partial charge in [0, 0.05) is 16.6 Å². The summed E-state index contributed by atoms with van der Waals surface area (Å²) in [6, 6.07) is 14.1. The summed E-state index contributed by atoms with van der Waals surface area (Å²) < 4.78 is 40.6. The molecule has 7 nitrogen and oxygen atoms in total. The number of carbonyl (C=O) groups excluding carboxylic acids is 1. The van der Waals surface area contributed by atoms with Crippen molar-refractivity contribution >= 4 is 28.4 Å². The average molecular weight is 506 g/mol. The van der Waals surface area contributed by atoms with Gasteiger partial charge in [0.05, 0.1) is 17.8 Å². The third-order valence-corrected chi connectivity index (χ3v) is 6.03. The zero-order valence-corrected chi connectivity index (χ0v) is 19.4. The lowest BCUT2D eigenvalue weighted by Gasteiger charge is -2.30. The summed E-state index contributed by atoms with van der Waals surface area (Å²) in [6.45, 7) is 1.73. The number of amides is 1. The van der Waals surface area contributed by atoms with Crippen molar-refractivity contribution in [3.63, 3.8) is 0 Å². The van der Waals surface area contributed by atoms with Gasteiger partial charge >= 0.3 is 6.18 Å². The number of primary amides is 1. The molecule has 1 atom stereocenters. The highest BCUT2D eigenvalue weighted by Crippen LogP contribution is 2.39. The number of carbonyl (C=O) groups is 1. The minimum atomic E-state index is -4.84. The number of hydrogen-bond donors (Lipinski definition) is 4. The Bertz CT molecular complexity index is 1300. The lowest BCUT2D eigenvalue weighted by molar-refractivity contribution is -0.248. The zero-order valence-electron chi connectivity index (χ0n) is 18.7. The maximum absolute atomic E-state index is 13.5. The molecule has 2 heterocycles. The number of pyridine rings is 1. The first-order valence-electron chi connectivity index (χ1n) is 10.8. The average Bonchev–Trinajstić information content (AvgIpc) is 3.27. The molecule has 0 radical (unpaired) electrons. The maximum Gasteiger partial charge on any atom is 0.422 e. The fraction of sp³-hybridized carbons (Fsp3) is 0.250. The zero-order chi connectivity index (χ0) is 25.4. The number of nitrogens with two attached hydrogens (primary N) is 1. The Hall–Kier alpha value is -3.34. The van der Waals surface area contributed by atoms with E-state index in [1.165, 1.54) is 11.2 Å². The van der Waals surface area contributed by atoms with Crippen LogP contribution in [-0.2, 0) is 6.54 Å². The van der Waals surface area contributed by atoms with Gasteiger partial charge in [-0.3, -0.25) is 9.80 Å². The van der Waals surface area contributed by atoms with Gasteiger partial charge in [0.1, 0.15) is 5.69 Å². The molecule has 0 unspecified atom stereocenters. The Kier molecular flexibility index (Phi) is 6.63. The Morgan fingerprint density at radius 2 is 1.89 bits per heavy atom. The van der Waals surface area contributed by atoms with Crippen LogP contribution in [-0.4, -0.2) is 32.8 Å². The molecule has 1 aliphatic rings. The molecule has 35 heavy (non-hydrogen) atoms. The quantitative estimate of drug-likeness (QED) is 0.379. The minimum Gasteiger partial charge on any atom is -0.375 e. The van der Waals surface area contributed by atoms with E-state index in [9.17, 15) is 23.1 Å². The molecular weight excluding hydrogens is 483 g/mol. The van der Waals surface area contributed by atoms with E-state index in [-0.39, 0.29) is 24.4 Å². The molecule has 1 aromatic heterocycles. The third kappa shape index (κ3) is 4.90. The van der Waals surface area contributed by atoms with Gasteiger partial charge in [-0.05, 0) is 47.4 Å². The maximum atomic E-state index is 13.5. The number of nitrogens with zero attached hydrogens (tertiary/aromatic N) is 2. The fourth-order valence-electron chi connectivity index (χ4n) is 4.00. The van der Waals surface area contributed by atoms with Gasteiger partial charge in [0.25, 0.3) is 5.91 Å². The first-order valence-corrected chi connectivity index (χ1v) is 11.2. The van der Waals surface area contributed by atoms with Gasteiger partial charge in [0.2, 0.25) is 5.60 Å². The van der Waals surface area contributed by atoms with Gasteiger partial charge in [-0.15, -0.1) is 5.53 Å². The van der Waals surface area contributed by atoms with Crippen LogP contribution in [0.25, 0.3) is 22.0 Å². The van der Waals surface area contributed by atoms with E-state index in [0.717, 1.165) is 16.5 Å². The Morgan fingerprint density at radius 3 is 2.51 bits per heavy atom. The van der Waals surface area contributed by atoms with Crippen molar-refractivity contribution in [2.75, 3.05) is 0 Å². The van der Waals surface area contributed by atoms with Crippen molar-refractivity contribution in [3.8, 4) is 11.1 Å². The van der Waals surface area contributed by atoms with Crippen LogP contribution >= 0.6 is 11.6 Å². The third-order valence-electron chi connectivity index (χ3n) is 5.78. The van der Waals surface area contributed by atoms with Crippen LogP contribution in [0.4, 0.5) is 13.2 Å². The second kappa shape index (κ2) is 9.37. The summed E-state index contributed by atoms with van der Waals surface area (Å²) in [5, 5.41) is 13.0. The van der Waals surface area contributed by atoms with Gasteiger partial charge in [-0.1, -0.05) is 49.2 Å². The number of aliphatic hydroxyl groups is 1. The lowest BCUT2D eigenvalue weighted by atomic mass is 9.94. The SMILES string of the molecule is CCC[C@](O)(C1=CN(Cc2ccc3c(-c4ccc(Cl)cc4)cc(C(N)=O)nc3c2)NN1)C(F)(F)F. The monoisotopic (exact) mass is 505 g/mol. The minimum absolute atomic E-state index is 0.0811. The normalized spacial score (nSPS) is 15.6. The van der Waals surface area contributed by atoms with E-state index in [0.29, 0.717) is 16.1 Å². The number of benzene rings is 2. The van der Waals surface area contributed by atoms with E-state index in [1.54, 1.807) is 31.2 Å². The predicted molar refractivity (Wildman–Crippen MR) is 127 cm³/mol. The molecule has 1 amide bonds. The number of hydrazine groups is 2. The van der Waals surface area contributed by atoms with Crippen LogP contribution in [0.2, 0.25) is 5.02 Å². The molecule has 3 aromatic rings. The van der Waals surface area contributed by atoms with E-state index in [2.05, 4.69) is 15.9 Å². The topological polar surface area (TPSA) is 104 Å². The van der Waals surface area contributed by atoms with E-state index in [4.69, 9.17) is 17.3 Å². The fourth-order valence-corrected chi connectivity index (χ4v) is 4.13. The van der Waals surface area contributed by atoms with Crippen molar-refractivity contribution in [2.24, 2.45) is 5.73 Å². The summed E-state index contributed by atoms with van der Waals surface area (Å²) in [7, 11) is 0. The standard InChI is InChI=1S/C24H23ClF3N5O2/c1-2-9-23(35,24(26,27)28)21-13-33(32-31-21)12-14-3-8-17-18(15-4-6-16(25)7-5-15)11-20(22(29)34)30-19(17)10-14/h3-8,10-11,13,31-32,35H,2,9,12H2,1H3,(H2,29,34)/t23-/m0/s1. The second-order valence-corrected chi connectivity index (χ2v) is 8.73. The molecule has 1 aliphatic heterocycles. The number of nitrogens with one attached hydrogen (secondary N) is 2. The Morgan fingerprint density at radius 1 is 1.17 bits per heavy atom. The van der Waals surface area contributed by atoms with Crippen LogP contribution in [0.1, 0.15) is 35.8 Å². The molecule has 0 bridgehead atoms. The van der Waals surface area contributed by atoms with Crippen molar-refractivity contribution in [2.45, 2.75) is 38.1 Å². The number of aromatic nitrogens is 1. The first-order chi connectivity index (χ1) is 16.5.